The maximum Gasteiger partial charge on any atom is 0.573 e. The van der Waals surface area contributed by atoms with Gasteiger partial charge in [0.1, 0.15) is 18.2 Å². The van der Waals surface area contributed by atoms with Gasteiger partial charge in [0.25, 0.3) is 0 Å². The van der Waals surface area contributed by atoms with Gasteiger partial charge >= 0.3 is 12.5 Å². The number of carbonyl (C=O) groups excluding carboxylic acids is 1. The lowest BCUT2D eigenvalue weighted by molar-refractivity contribution is -0.274. The highest BCUT2D eigenvalue weighted by Crippen LogP contribution is 2.35. The Morgan fingerprint density at radius 3 is 2.24 bits per heavy atom. The van der Waals surface area contributed by atoms with Crippen LogP contribution in [0.25, 0.3) is 0 Å². The molecule has 4 rings (SSSR count). The van der Waals surface area contributed by atoms with Gasteiger partial charge in [-0.15, -0.1) is 13.2 Å². The van der Waals surface area contributed by atoms with Crippen LogP contribution >= 0.6 is 0 Å². The van der Waals surface area contributed by atoms with Crippen LogP contribution in [0.2, 0.25) is 0 Å². The highest BCUT2D eigenvalue weighted by atomic mass is 32.2. The molecule has 3 aromatic rings. The van der Waals surface area contributed by atoms with Crippen molar-refractivity contribution in [2.24, 2.45) is 0 Å². The Labute approximate surface area is 210 Å². The summed E-state index contributed by atoms with van der Waals surface area (Å²) in [6.07, 6.45) is -5.43. The molecule has 37 heavy (non-hydrogen) atoms. The number of hydrogen-bond donors (Lipinski definition) is 1. The van der Waals surface area contributed by atoms with Crippen molar-refractivity contribution in [2.45, 2.75) is 29.8 Å². The normalized spacial score (nSPS) is 18.0. The molecule has 1 amide bonds. The first-order valence-corrected chi connectivity index (χ1v) is 12.6. The van der Waals surface area contributed by atoms with E-state index in [1.165, 1.54) is 29.2 Å². The van der Waals surface area contributed by atoms with Crippen LogP contribution in [-0.4, -0.2) is 38.9 Å². The lowest BCUT2D eigenvalue weighted by atomic mass is 9.90. The van der Waals surface area contributed by atoms with E-state index in [4.69, 9.17) is 4.74 Å². The number of sulfonamides is 1. The molecule has 1 saturated heterocycles. The Morgan fingerprint density at radius 1 is 0.973 bits per heavy atom. The number of likely N-dealkylation sites (tertiary alicyclic amines) is 1. The van der Waals surface area contributed by atoms with E-state index < -0.39 is 39.6 Å². The van der Waals surface area contributed by atoms with E-state index in [9.17, 15) is 30.8 Å². The van der Waals surface area contributed by atoms with E-state index in [0.29, 0.717) is 5.56 Å². The van der Waals surface area contributed by atoms with Gasteiger partial charge in [0.2, 0.25) is 10.0 Å². The largest absolute Gasteiger partial charge is 0.573 e. The predicted octanol–water partition coefficient (Wildman–Crippen LogP) is 4.94. The summed E-state index contributed by atoms with van der Waals surface area (Å²) in [5, 5.41) is 0. The minimum absolute atomic E-state index is 0.0256. The molecule has 196 valence electrons. The third-order valence-corrected chi connectivity index (χ3v) is 7.38. The number of ether oxygens (including phenoxy) is 2. The van der Waals surface area contributed by atoms with Crippen molar-refractivity contribution in [3.8, 4) is 5.75 Å². The summed E-state index contributed by atoms with van der Waals surface area (Å²) in [5.41, 5.74) is -0.147. The number of nitrogens with one attached hydrogen (secondary N) is 1. The Hall–Kier alpha value is -3.64. The quantitative estimate of drug-likeness (QED) is 0.431. The van der Waals surface area contributed by atoms with Crippen molar-refractivity contribution in [1.29, 1.82) is 0 Å². The summed E-state index contributed by atoms with van der Waals surface area (Å²) < 4.78 is 89.2. The molecule has 3 aromatic carbocycles. The first kappa shape index (κ1) is 26.4. The molecule has 1 heterocycles. The van der Waals surface area contributed by atoms with E-state index >= 15 is 0 Å². The smallest absolute Gasteiger partial charge is 0.445 e. The zero-order chi connectivity index (χ0) is 26.7. The van der Waals surface area contributed by atoms with Crippen LogP contribution in [0.1, 0.15) is 17.5 Å². The molecule has 1 aliphatic heterocycles. The van der Waals surface area contributed by atoms with E-state index in [0.717, 1.165) is 29.8 Å². The van der Waals surface area contributed by atoms with E-state index in [1.54, 1.807) is 24.3 Å². The molecule has 0 radical (unpaired) electrons. The van der Waals surface area contributed by atoms with Gasteiger partial charge in [-0.2, -0.15) is 4.72 Å². The molecule has 1 aliphatic rings. The summed E-state index contributed by atoms with van der Waals surface area (Å²) in [6, 6.07) is 17.9. The van der Waals surface area contributed by atoms with Gasteiger partial charge < -0.3 is 14.4 Å². The van der Waals surface area contributed by atoms with E-state index in [1.807, 2.05) is 6.07 Å². The van der Waals surface area contributed by atoms with Crippen molar-refractivity contribution in [3.05, 3.63) is 95.8 Å². The maximum absolute atomic E-state index is 13.6. The van der Waals surface area contributed by atoms with Crippen molar-refractivity contribution < 1.29 is 40.2 Å². The minimum Gasteiger partial charge on any atom is -0.445 e. The fourth-order valence-electron chi connectivity index (χ4n) is 4.06. The third kappa shape index (κ3) is 6.57. The van der Waals surface area contributed by atoms with Crippen LogP contribution in [0, 0.1) is 5.82 Å². The highest BCUT2D eigenvalue weighted by Gasteiger charge is 2.45. The second-order valence-corrected chi connectivity index (χ2v) is 10.1. The minimum atomic E-state index is -4.92. The number of halogens is 4. The van der Waals surface area contributed by atoms with Crippen LogP contribution in [-0.2, 0) is 26.9 Å². The van der Waals surface area contributed by atoms with Crippen LogP contribution in [0.5, 0.6) is 5.75 Å². The molecule has 1 atom stereocenters. The Bertz CT molecular complexity index is 1330. The molecule has 7 nitrogen and oxygen atoms in total. The average molecular weight is 539 g/mol. The first-order valence-electron chi connectivity index (χ1n) is 11.1. The Balaban J connectivity index is 1.55. The predicted molar refractivity (Wildman–Crippen MR) is 124 cm³/mol. The molecule has 12 heteroatoms. The summed E-state index contributed by atoms with van der Waals surface area (Å²) in [4.78, 5) is 13.8. The van der Waals surface area contributed by atoms with Crippen molar-refractivity contribution in [3.63, 3.8) is 0 Å². The summed E-state index contributed by atoms with van der Waals surface area (Å²) >= 11 is 0. The van der Waals surface area contributed by atoms with Gasteiger partial charge in [-0.3, -0.25) is 0 Å². The SMILES string of the molecule is O=C(OCc1ccccc1)N1CCC(NS(=O)(=O)c2ccc(OC(F)(F)F)cc2)(c2ccc(F)cc2)C1. The summed E-state index contributed by atoms with van der Waals surface area (Å²) in [5.74, 6) is -1.10. The van der Waals surface area contributed by atoms with Gasteiger partial charge in [-0.25, -0.2) is 17.6 Å². The van der Waals surface area contributed by atoms with Crippen LogP contribution in [0.4, 0.5) is 22.4 Å². The number of amides is 1. The van der Waals surface area contributed by atoms with E-state index in [-0.39, 0.29) is 31.0 Å². The number of hydrogen-bond acceptors (Lipinski definition) is 5. The summed E-state index contributed by atoms with van der Waals surface area (Å²) in [6.45, 7) is 0.0599. The van der Waals surface area contributed by atoms with Crippen LogP contribution in [0.15, 0.2) is 83.8 Å². The number of alkyl halides is 3. The van der Waals surface area contributed by atoms with Gasteiger partial charge in [0.05, 0.1) is 10.4 Å². The Morgan fingerprint density at radius 2 is 1.62 bits per heavy atom. The molecule has 0 saturated carbocycles. The molecular formula is C25H22F4N2O5S. The lowest BCUT2D eigenvalue weighted by Gasteiger charge is -2.31. The number of carbonyl (C=O) groups is 1. The van der Waals surface area contributed by atoms with Crippen LogP contribution < -0.4 is 9.46 Å². The fraction of sp³-hybridized carbons (Fsp3) is 0.240. The van der Waals surface area contributed by atoms with Crippen molar-refractivity contribution in [1.82, 2.24) is 9.62 Å². The second-order valence-electron chi connectivity index (χ2n) is 8.43. The molecule has 1 unspecified atom stereocenters. The standard InChI is InChI=1S/C25H22F4N2O5S/c26-20-8-6-19(7-9-20)24(14-15-31(17-24)23(32)35-16-18-4-2-1-3-5-18)30-37(33,34)22-12-10-21(11-13-22)36-25(27,28)29/h1-13,30H,14-17H2. The zero-order valence-electron chi connectivity index (χ0n) is 19.2. The summed E-state index contributed by atoms with van der Waals surface area (Å²) in [7, 11) is -4.28. The van der Waals surface area contributed by atoms with Crippen molar-refractivity contribution in [2.75, 3.05) is 13.1 Å². The number of nitrogens with zero attached hydrogens (tertiary/aromatic N) is 1. The molecule has 0 aromatic heterocycles. The van der Waals surface area contributed by atoms with E-state index in [2.05, 4.69) is 9.46 Å². The molecule has 0 aliphatic carbocycles. The average Bonchev–Trinajstić information content (AvgIpc) is 3.27. The van der Waals surface area contributed by atoms with Gasteiger partial charge in [0, 0.05) is 13.1 Å². The molecular weight excluding hydrogens is 516 g/mol. The third-order valence-electron chi connectivity index (χ3n) is 5.83. The maximum atomic E-state index is 13.6. The van der Waals surface area contributed by atoms with Gasteiger partial charge in [-0.05, 0) is 53.9 Å². The molecule has 0 spiro atoms. The number of benzene rings is 3. The fourth-order valence-corrected chi connectivity index (χ4v) is 5.47. The molecule has 0 bridgehead atoms. The van der Waals surface area contributed by atoms with Crippen LogP contribution in [0.3, 0.4) is 0 Å². The van der Waals surface area contributed by atoms with Gasteiger partial charge in [0.15, 0.2) is 0 Å². The highest BCUT2D eigenvalue weighted by molar-refractivity contribution is 7.89. The van der Waals surface area contributed by atoms with Crippen molar-refractivity contribution >= 4 is 16.1 Å². The lowest BCUT2D eigenvalue weighted by Crippen LogP contribution is -2.48. The first-order chi connectivity index (χ1) is 17.5. The number of rotatable bonds is 7. The second kappa shape index (κ2) is 10.4. The Kier molecular flexibility index (Phi) is 7.42. The molecule has 1 N–H and O–H groups in total. The molecule has 1 fully saturated rings. The monoisotopic (exact) mass is 538 g/mol. The van der Waals surface area contributed by atoms with Gasteiger partial charge in [-0.1, -0.05) is 42.5 Å². The topological polar surface area (TPSA) is 84.9 Å². The zero-order valence-corrected chi connectivity index (χ0v) is 20.1.